The summed E-state index contributed by atoms with van der Waals surface area (Å²) >= 11 is 0. The molecule has 0 aliphatic carbocycles. The van der Waals surface area contributed by atoms with Crippen LogP contribution in [0.1, 0.15) is 31.4 Å². The molecule has 6 nitrogen and oxygen atoms in total. The summed E-state index contributed by atoms with van der Waals surface area (Å²) in [5, 5.41) is 7.01. The van der Waals surface area contributed by atoms with Crippen molar-refractivity contribution in [1.82, 2.24) is 20.1 Å². The number of pyridine rings is 1. The van der Waals surface area contributed by atoms with Crippen LogP contribution in [-0.4, -0.2) is 45.2 Å². The molecule has 1 aliphatic rings. The summed E-state index contributed by atoms with van der Waals surface area (Å²) in [5.41, 5.74) is 1.10. The van der Waals surface area contributed by atoms with Gasteiger partial charge in [0.15, 0.2) is 6.10 Å². The molecule has 0 unspecified atom stereocenters. The topological polar surface area (TPSA) is 71.1 Å². The third kappa shape index (κ3) is 3.27. The first-order chi connectivity index (χ1) is 10.7. The maximum absolute atomic E-state index is 12.6. The first-order valence-electron chi connectivity index (χ1n) is 7.59. The summed E-state index contributed by atoms with van der Waals surface area (Å²) in [6, 6.07) is 5.58. The van der Waals surface area contributed by atoms with Crippen molar-refractivity contribution in [3.05, 3.63) is 42.5 Å². The molecule has 2 aromatic rings. The number of nitrogens with one attached hydrogen (secondary N) is 1. The fraction of sp³-hybridized carbons (Fsp3) is 0.438. The Morgan fingerprint density at radius 2 is 2.36 bits per heavy atom. The van der Waals surface area contributed by atoms with Gasteiger partial charge in [0, 0.05) is 37.1 Å². The molecule has 3 heterocycles. The van der Waals surface area contributed by atoms with Crippen LogP contribution in [0, 0.1) is 0 Å². The molecular formula is C16H20N4O2. The minimum absolute atomic E-state index is 0.0214. The van der Waals surface area contributed by atoms with Crippen molar-refractivity contribution in [3.8, 4) is 5.75 Å². The average Bonchev–Trinajstić information content (AvgIpc) is 3.10. The van der Waals surface area contributed by atoms with Crippen molar-refractivity contribution in [2.24, 2.45) is 0 Å². The molecule has 0 saturated carbocycles. The van der Waals surface area contributed by atoms with Crippen LogP contribution < -0.4 is 4.74 Å². The number of carbonyl (C=O) groups is 1. The summed E-state index contributed by atoms with van der Waals surface area (Å²) in [5.74, 6) is 0.962. The van der Waals surface area contributed by atoms with Gasteiger partial charge in [0.05, 0.1) is 6.20 Å². The van der Waals surface area contributed by atoms with E-state index in [9.17, 15) is 4.79 Å². The Morgan fingerprint density at radius 1 is 1.45 bits per heavy atom. The number of H-pyrrole nitrogens is 1. The maximum atomic E-state index is 12.6. The lowest BCUT2D eigenvalue weighted by Crippen LogP contribution is -2.45. The molecule has 1 saturated heterocycles. The predicted octanol–water partition coefficient (Wildman–Crippen LogP) is 1.98. The Morgan fingerprint density at radius 3 is 3.09 bits per heavy atom. The normalized spacial score (nSPS) is 19.7. The van der Waals surface area contributed by atoms with Crippen molar-refractivity contribution in [3.63, 3.8) is 0 Å². The smallest absolute Gasteiger partial charge is 0.263 e. The number of hydrogen-bond acceptors (Lipinski definition) is 4. The molecule has 3 rings (SSSR count). The van der Waals surface area contributed by atoms with Gasteiger partial charge in [-0.25, -0.2) is 0 Å². The number of aromatic amines is 1. The van der Waals surface area contributed by atoms with Gasteiger partial charge in [-0.1, -0.05) is 0 Å². The van der Waals surface area contributed by atoms with Crippen molar-refractivity contribution in [2.45, 2.75) is 31.8 Å². The predicted molar refractivity (Wildman–Crippen MR) is 81.5 cm³/mol. The minimum Gasteiger partial charge on any atom is -0.479 e. The first-order valence-corrected chi connectivity index (χ1v) is 7.59. The summed E-state index contributed by atoms with van der Waals surface area (Å²) < 4.78 is 5.68. The van der Waals surface area contributed by atoms with Crippen LogP contribution in [0.4, 0.5) is 0 Å². The number of likely N-dealkylation sites (tertiary alicyclic amines) is 1. The molecule has 0 aromatic carbocycles. The summed E-state index contributed by atoms with van der Waals surface area (Å²) in [6.45, 7) is 3.28. The Hall–Kier alpha value is -2.37. The van der Waals surface area contributed by atoms with Crippen molar-refractivity contribution in [1.29, 1.82) is 0 Å². The molecule has 0 bridgehead atoms. The molecule has 1 aliphatic heterocycles. The van der Waals surface area contributed by atoms with Gasteiger partial charge in [0.1, 0.15) is 5.75 Å². The fourth-order valence-electron chi connectivity index (χ4n) is 2.85. The summed E-state index contributed by atoms with van der Waals surface area (Å²) in [4.78, 5) is 18.5. The van der Waals surface area contributed by atoms with E-state index in [0.29, 0.717) is 18.2 Å². The number of aromatic nitrogens is 3. The lowest BCUT2D eigenvalue weighted by Gasteiger charge is -2.33. The highest BCUT2D eigenvalue weighted by molar-refractivity contribution is 5.81. The van der Waals surface area contributed by atoms with E-state index in [1.807, 2.05) is 11.0 Å². The average molecular weight is 300 g/mol. The number of rotatable bonds is 4. The Kier molecular flexibility index (Phi) is 4.37. The van der Waals surface area contributed by atoms with Crippen molar-refractivity contribution >= 4 is 5.91 Å². The fourth-order valence-corrected chi connectivity index (χ4v) is 2.85. The van der Waals surface area contributed by atoms with Gasteiger partial charge < -0.3 is 9.64 Å². The molecule has 1 N–H and O–H groups in total. The van der Waals surface area contributed by atoms with E-state index >= 15 is 0 Å². The molecule has 2 aromatic heterocycles. The Labute approximate surface area is 129 Å². The number of piperidine rings is 1. The van der Waals surface area contributed by atoms with E-state index in [0.717, 1.165) is 25.1 Å². The van der Waals surface area contributed by atoms with Gasteiger partial charge in [-0.15, -0.1) is 0 Å². The molecule has 0 spiro atoms. The second-order valence-corrected chi connectivity index (χ2v) is 5.58. The second-order valence-electron chi connectivity index (χ2n) is 5.58. The lowest BCUT2D eigenvalue weighted by atomic mass is 9.94. The Bertz CT molecular complexity index is 600. The van der Waals surface area contributed by atoms with E-state index in [1.54, 1.807) is 37.6 Å². The molecule has 1 amide bonds. The second kappa shape index (κ2) is 6.60. The molecular weight excluding hydrogens is 280 g/mol. The zero-order valence-corrected chi connectivity index (χ0v) is 12.6. The summed E-state index contributed by atoms with van der Waals surface area (Å²) in [7, 11) is 0. The maximum Gasteiger partial charge on any atom is 0.263 e. The Balaban J connectivity index is 1.61. The molecule has 6 heteroatoms. The molecule has 116 valence electrons. The monoisotopic (exact) mass is 300 g/mol. The molecule has 1 fully saturated rings. The zero-order valence-electron chi connectivity index (χ0n) is 12.6. The number of carbonyl (C=O) groups excluding carboxylic acids is 1. The lowest BCUT2D eigenvalue weighted by molar-refractivity contribution is -0.139. The van der Waals surface area contributed by atoms with Crippen LogP contribution in [0.2, 0.25) is 0 Å². The molecule has 2 atom stereocenters. The van der Waals surface area contributed by atoms with Crippen molar-refractivity contribution < 1.29 is 9.53 Å². The third-order valence-electron chi connectivity index (χ3n) is 3.99. The van der Waals surface area contributed by atoms with Crippen LogP contribution in [0.5, 0.6) is 5.75 Å². The molecule has 0 radical (unpaired) electrons. The van der Waals surface area contributed by atoms with Gasteiger partial charge >= 0.3 is 0 Å². The molecule has 22 heavy (non-hydrogen) atoms. The van der Waals surface area contributed by atoms with Crippen LogP contribution in [0.25, 0.3) is 0 Å². The number of ether oxygens (including phenoxy) is 1. The van der Waals surface area contributed by atoms with Crippen molar-refractivity contribution in [2.75, 3.05) is 13.1 Å². The number of amides is 1. The van der Waals surface area contributed by atoms with Crippen LogP contribution in [0.15, 0.2) is 36.8 Å². The van der Waals surface area contributed by atoms with Crippen LogP contribution >= 0.6 is 0 Å². The van der Waals surface area contributed by atoms with Gasteiger partial charge in [0.25, 0.3) is 5.91 Å². The van der Waals surface area contributed by atoms with Crippen LogP contribution in [-0.2, 0) is 4.79 Å². The third-order valence-corrected chi connectivity index (χ3v) is 3.99. The van der Waals surface area contributed by atoms with E-state index in [2.05, 4.69) is 15.2 Å². The highest BCUT2D eigenvalue weighted by Crippen LogP contribution is 2.26. The standard InChI is InChI=1S/C16H20N4O2/c1-12(22-14-5-2-7-17-10-14)16(21)20-9-3-4-13(11-20)15-6-8-18-19-15/h2,5-8,10,12-13H,3-4,9,11H2,1H3,(H,18,19)/t12-,13+/m1/s1. The van der Waals surface area contributed by atoms with E-state index in [4.69, 9.17) is 4.74 Å². The number of hydrogen-bond donors (Lipinski definition) is 1. The minimum atomic E-state index is -0.510. The van der Waals surface area contributed by atoms with E-state index in [-0.39, 0.29) is 5.91 Å². The SMILES string of the molecule is C[C@@H](Oc1cccnc1)C(=O)N1CCC[C@H](c2ccn[nH]2)C1. The highest BCUT2D eigenvalue weighted by atomic mass is 16.5. The zero-order chi connectivity index (χ0) is 15.4. The van der Waals surface area contributed by atoms with Gasteiger partial charge in [-0.3, -0.25) is 14.9 Å². The highest BCUT2D eigenvalue weighted by Gasteiger charge is 2.29. The quantitative estimate of drug-likeness (QED) is 0.937. The summed E-state index contributed by atoms with van der Waals surface area (Å²) in [6.07, 6.45) is 6.61. The van der Waals surface area contributed by atoms with Gasteiger partial charge in [0.2, 0.25) is 0 Å². The first kappa shape index (κ1) is 14.6. The van der Waals surface area contributed by atoms with Gasteiger partial charge in [-0.2, -0.15) is 5.10 Å². The van der Waals surface area contributed by atoms with E-state index in [1.165, 1.54) is 0 Å². The van der Waals surface area contributed by atoms with E-state index < -0.39 is 6.10 Å². The van der Waals surface area contributed by atoms with Crippen LogP contribution in [0.3, 0.4) is 0 Å². The van der Waals surface area contributed by atoms with Gasteiger partial charge in [-0.05, 0) is 38.0 Å². The largest absolute Gasteiger partial charge is 0.479 e. The number of nitrogens with zero attached hydrogens (tertiary/aromatic N) is 3.